The zero-order valence-electron chi connectivity index (χ0n) is 10.5. The van der Waals surface area contributed by atoms with Crippen LogP contribution in [0.5, 0.6) is 0 Å². The highest BCUT2D eigenvalue weighted by atomic mass is 32.2. The van der Waals surface area contributed by atoms with E-state index in [1.54, 1.807) is 0 Å². The molecule has 4 heteroatoms. The van der Waals surface area contributed by atoms with Gasteiger partial charge in [-0.25, -0.2) is 8.42 Å². The molecule has 0 aromatic heterocycles. The highest BCUT2D eigenvalue weighted by molar-refractivity contribution is 7.94. The molecule has 0 saturated carbocycles. The molecule has 0 heterocycles. The summed E-state index contributed by atoms with van der Waals surface area (Å²) in [6, 6.07) is 9.99. The number of allylic oxidation sites excluding steroid dienone is 2. The highest BCUT2D eigenvalue weighted by Crippen LogP contribution is 2.28. The van der Waals surface area contributed by atoms with Crippen molar-refractivity contribution in [3.8, 4) is 0 Å². The zero-order valence-corrected chi connectivity index (χ0v) is 11.3. The predicted molar refractivity (Wildman–Crippen MR) is 71.7 cm³/mol. The molecule has 1 aliphatic carbocycles. The van der Waals surface area contributed by atoms with E-state index in [1.165, 1.54) is 6.26 Å². The standard InChI is InChI=1S/C14H18O3S/c1-18(15,16)14-8-7-13(9-14)11-17-10-12-5-3-2-4-6-12/h2-6,8,13H,7,9-11H2,1H3/t13-/m0/s1. The van der Waals surface area contributed by atoms with Gasteiger partial charge in [0.25, 0.3) is 0 Å². The molecular formula is C14H18O3S. The van der Waals surface area contributed by atoms with E-state index >= 15 is 0 Å². The van der Waals surface area contributed by atoms with Gasteiger partial charge < -0.3 is 4.74 Å². The van der Waals surface area contributed by atoms with E-state index in [2.05, 4.69) is 0 Å². The number of benzene rings is 1. The van der Waals surface area contributed by atoms with Crippen LogP contribution < -0.4 is 0 Å². The Morgan fingerprint density at radius 2 is 2.00 bits per heavy atom. The smallest absolute Gasteiger partial charge is 0.171 e. The summed E-state index contributed by atoms with van der Waals surface area (Å²) in [6.07, 6.45) is 4.52. The molecule has 0 aliphatic heterocycles. The van der Waals surface area contributed by atoms with Crippen molar-refractivity contribution in [2.75, 3.05) is 12.9 Å². The van der Waals surface area contributed by atoms with Crippen molar-refractivity contribution in [2.24, 2.45) is 5.92 Å². The minimum absolute atomic E-state index is 0.304. The van der Waals surface area contributed by atoms with Gasteiger partial charge in [0.2, 0.25) is 0 Å². The summed E-state index contributed by atoms with van der Waals surface area (Å²) >= 11 is 0. The van der Waals surface area contributed by atoms with E-state index in [4.69, 9.17) is 4.74 Å². The van der Waals surface area contributed by atoms with Crippen LogP contribution in [-0.2, 0) is 21.2 Å². The molecule has 0 fully saturated rings. The first-order valence-electron chi connectivity index (χ1n) is 6.06. The van der Waals surface area contributed by atoms with Gasteiger partial charge in [-0.3, -0.25) is 0 Å². The normalized spacial score (nSPS) is 19.8. The van der Waals surface area contributed by atoms with Crippen molar-refractivity contribution in [2.45, 2.75) is 19.4 Å². The molecule has 1 aromatic rings. The summed E-state index contributed by atoms with van der Waals surface area (Å²) in [5.41, 5.74) is 1.15. The molecule has 0 radical (unpaired) electrons. The first-order valence-corrected chi connectivity index (χ1v) is 7.95. The van der Waals surface area contributed by atoms with Crippen LogP contribution >= 0.6 is 0 Å². The van der Waals surface area contributed by atoms with Gasteiger partial charge in [-0.2, -0.15) is 0 Å². The molecule has 0 bridgehead atoms. The average molecular weight is 266 g/mol. The Labute approximate surface area is 108 Å². The molecule has 1 atom stereocenters. The van der Waals surface area contributed by atoms with Crippen molar-refractivity contribution < 1.29 is 13.2 Å². The van der Waals surface area contributed by atoms with Crippen LogP contribution in [0.4, 0.5) is 0 Å². The molecule has 0 amide bonds. The van der Waals surface area contributed by atoms with E-state index in [0.717, 1.165) is 12.0 Å². The molecule has 18 heavy (non-hydrogen) atoms. The first kappa shape index (κ1) is 13.3. The predicted octanol–water partition coefficient (Wildman–Crippen LogP) is 2.54. The molecule has 1 aliphatic rings. The fraction of sp³-hybridized carbons (Fsp3) is 0.429. The lowest BCUT2D eigenvalue weighted by molar-refractivity contribution is 0.0904. The van der Waals surface area contributed by atoms with Gasteiger partial charge in [-0.15, -0.1) is 0 Å². The lowest BCUT2D eigenvalue weighted by Crippen LogP contribution is -2.08. The number of sulfone groups is 1. The average Bonchev–Trinajstić information content (AvgIpc) is 2.79. The summed E-state index contributed by atoms with van der Waals surface area (Å²) in [5.74, 6) is 0.304. The lowest BCUT2D eigenvalue weighted by atomic mass is 10.1. The van der Waals surface area contributed by atoms with Gasteiger partial charge in [-0.05, 0) is 24.3 Å². The molecule has 98 valence electrons. The third-order valence-electron chi connectivity index (χ3n) is 3.11. The Kier molecular flexibility index (Phi) is 4.19. The Hall–Kier alpha value is -1.13. The van der Waals surface area contributed by atoms with E-state index < -0.39 is 9.84 Å². The fourth-order valence-electron chi connectivity index (χ4n) is 2.10. The number of hydrogen-bond donors (Lipinski definition) is 0. The molecule has 3 nitrogen and oxygen atoms in total. The van der Waals surface area contributed by atoms with Crippen molar-refractivity contribution in [3.63, 3.8) is 0 Å². The molecule has 1 aromatic carbocycles. The number of ether oxygens (including phenoxy) is 1. The van der Waals surface area contributed by atoms with Crippen molar-refractivity contribution in [3.05, 3.63) is 46.9 Å². The molecule has 2 rings (SSSR count). The Balaban J connectivity index is 1.74. The molecule has 0 unspecified atom stereocenters. The minimum atomic E-state index is -3.01. The lowest BCUT2D eigenvalue weighted by Gasteiger charge is -2.10. The Bertz CT molecular complexity index is 517. The maximum absolute atomic E-state index is 11.4. The van der Waals surface area contributed by atoms with Crippen molar-refractivity contribution >= 4 is 9.84 Å². The van der Waals surface area contributed by atoms with E-state index in [9.17, 15) is 8.42 Å². The van der Waals surface area contributed by atoms with Crippen molar-refractivity contribution in [1.29, 1.82) is 0 Å². The third-order valence-corrected chi connectivity index (χ3v) is 4.40. The highest BCUT2D eigenvalue weighted by Gasteiger charge is 2.23. The second-order valence-electron chi connectivity index (χ2n) is 4.75. The third kappa shape index (κ3) is 3.68. The van der Waals surface area contributed by atoms with Crippen LogP contribution in [0.25, 0.3) is 0 Å². The number of hydrogen-bond acceptors (Lipinski definition) is 3. The maximum atomic E-state index is 11.4. The minimum Gasteiger partial charge on any atom is -0.376 e. The van der Waals surface area contributed by atoms with Crippen LogP contribution in [0, 0.1) is 5.92 Å². The van der Waals surface area contributed by atoms with Gasteiger partial charge >= 0.3 is 0 Å². The van der Waals surface area contributed by atoms with Crippen molar-refractivity contribution in [1.82, 2.24) is 0 Å². The Morgan fingerprint density at radius 1 is 1.28 bits per heavy atom. The van der Waals surface area contributed by atoms with Gasteiger partial charge in [0.15, 0.2) is 9.84 Å². The monoisotopic (exact) mass is 266 g/mol. The van der Waals surface area contributed by atoms with Crippen LogP contribution in [0.1, 0.15) is 18.4 Å². The first-order chi connectivity index (χ1) is 8.55. The largest absolute Gasteiger partial charge is 0.376 e. The zero-order chi connectivity index (χ0) is 13.0. The van der Waals surface area contributed by atoms with Gasteiger partial charge in [-0.1, -0.05) is 36.4 Å². The van der Waals surface area contributed by atoms with Crippen LogP contribution in [-0.4, -0.2) is 21.3 Å². The molecule has 0 saturated heterocycles. The molecule has 0 spiro atoms. The summed E-state index contributed by atoms with van der Waals surface area (Å²) in [7, 11) is -3.01. The molecule has 0 N–H and O–H groups in total. The van der Waals surface area contributed by atoms with Gasteiger partial charge in [0.1, 0.15) is 0 Å². The maximum Gasteiger partial charge on any atom is 0.171 e. The summed E-state index contributed by atoms with van der Waals surface area (Å²) in [6.45, 7) is 1.20. The van der Waals surface area contributed by atoms with E-state index in [0.29, 0.717) is 30.5 Å². The van der Waals surface area contributed by atoms with E-state index in [1.807, 2.05) is 36.4 Å². The SMILES string of the molecule is CS(=O)(=O)C1=CC[C@H](COCc2ccccc2)C1. The quantitative estimate of drug-likeness (QED) is 0.822. The van der Waals surface area contributed by atoms with E-state index in [-0.39, 0.29) is 0 Å². The van der Waals surface area contributed by atoms with Gasteiger partial charge in [0, 0.05) is 11.2 Å². The topological polar surface area (TPSA) is 43.4 Å². The fourth-order valence-corrected chi connectivity index (χ4v) is 3.03. The van der Waals surface area contributed by atoms with Crippen LogP contribution in [0.3, 0.4) is 0 Å². The Morgan fingerprint density at radius 3 is 2.61 bits per heavy atom. The summed E-state index contributed by atoms with van der Waals surface area (Å²) in [4.78, 5) is 0.566. The molecular weight excluding hydrogens is 248 g/mol. The second-order valence-corrected chi connectivity index (χ2v) is 6.82. The van der Waals surface area contributed by atoms with Crippen LogP contribution in [0.2, 0.25) is 0 Å². The second kappa shape index (κ2) is 5.67. The summed E-state index contributed by atoms with van der Waals surface area (Å²) in [5, 5.41) is 0. The number of rotatable bonds is 5. The summed E-state index contributed by atoms with van der Waals surface area (Å²) < 4.78 is 28.4. The van der Waals surface area contributed by atoms with Crippen LogP contribution in [0.15, 0.2) is 41.3 Å². The van der Waals surface area contributed by atoms with Gasteiger partial charge in [0.05, 0.1) is 13.2 Å².